The minimum atomic E-state index is -0.0956. The first-order valence-corrected chi connectivity index (χ1v) is 10.1. The number of carbonyl (C=O) groups excluding carboxylic acids is 1. The van der Waals surface area contributed by atoms with Crippen molar-refractivity contribution < 1.29 is 4.79 Å². The third-order valence-electron chi connectivity index (χ3n) is 4.73. The topological polar surface area (TPSA) is 45.2 Å². The molecule has 1 saturated heterocycles. The lowest BCUT2D eigenvalue weighted by atomic mass is 10.1. The molecule has 1 amide bonds. The average Bonchev–Trinajstić information content (AvgIpc) is 3.31. The minimum Gasteiger partial charge on any atom is -0.348 e. The van der Waals surface area contributed by atoms with Crippen molar-refractivity contribution in [1.29, 1.82) is 0 Å². The van der Waals surface area contributed by atoms with Gasteiger partial charge in [-0.15, -0.1) is 0 Å². The number of benzene rings is 2. The van der Waals surface area contributed by atoms with Crippen LogP contribution in [0.15, 0.2) is 48.5 Å². The molecule has 0 spiro atoms. The van der Waals surface area contributed by atoms with Gasteiger partial charge < -0.3 is 10.2 Å². The van der Waals surface area contributed by atoms with Gasteiger partial charge in [0.1, 0.15) is 4.88 Å². The van der Waals surface area contributed by atoms with Crippen molar-refractivity contribution in [3.05, 3.63) is 64.5 Å². The number of carbonyl (C=O) groups is 1. The van der Waals surface area contributed by atoms with Gasteiger partial charge in [0.2, 0.25) is 0 Å². The van der Waals surface area contributed by atoms with Crippen molar-refractivity contribution in [1.82, 2.24) is 4.98 Å². The molecule has 0 aliphatic carbocycles. The first-order chi connectivity index (χ1) is 13.1. The molecule has 0 radical (unpaired) electrons. The van der Waals surface area contributed by atoms with E-state index in [1.807, 2.05) is 56.3 Å². The zero-order chi connectivity index (χ0) is 18.8. The van der Waals surface area contributed by atoms with Crippen LogP contribution in [-0.4, -0.2) is 24.0 Å². The highest BCUT2D eigenvalue weighted by atomic mass is 32.1. The van der Waals surface area contributed by atoms with Crippen LogP contribution in [0.3, 0.4) is 0 Å². The lowest BCUT2D eigenvalue weighted by Gasteiger charge is -2.12. The fourth-order valence-electron chi connectivity index (χ4n) is 3.53. The Balaban J connectivity index is 1.70. The van der Waals surface area contributed by atoms with Crippen LogP contribution in [0, 0.1) is 13.8 Å². The number of hydrogen-bond donors (Lipinski definition) is 1. The summed E-state index contributed by atoms with van der Waals surface area (Å²) in [6, 6.07) is 16.1. The Morgan fingerprint density at radius 1 is 1.04 bits per heavy atom. The van der Waals surface area contributed by atoms with Crippen LogP contribution in [0.1, 0.15) is 33.6 Å². The highest BCUT2D eigenvalue weighted by Gasteiger charge is 2.24. The number of anilines is 2. The molecule has 1 aromatic heterocycles. The predicted octanol–water partition coefficient (Wildman–Crippen LogP) is 5.28. The number of nitrogens with one attached hydrogen (secondary N) is 1. The van der Waals surface area contributed by atoms with Gasteiger partial charge in [-0.3, -0.25) is 4.79 Å². The number of rotatable bonds is 4. The summed E-state index contributed by atoms with van der Waals surface area (Å²) >= 11 is 1.49. The summed E-state index contributed by atoms with van der Waals surface area (Å²) in [5.74, 6) is -0.0956. The molecule has 0 atom stereocenters. The Morgan fingerprint density at radius 2 is 1.70 bits per heavy atom. The summed E-state index contributed by atoms with van der Waals surface area (Å²) in [5.41, 5.74) is 4.84. The van der Waals surface area contributed by atoms with E-state index in [2.05, 4.69) is 16.3 Å². The Hall–Kier alpha value is -2.66. The van der Waals surface area contributed by atoms with Gasteiger partial charge in [-0.25, -0.2) is 4.98 Å². The molecule has 1 aliphatic rings. The Morgan fingerprint density at radius 3 is 2.37 bits per heavy atom. The molecule has 2 heterocycles. The molecule has 5 heteroatoms. The molecule has 138 valence electrons. The van der Waals surface area contributed by atoms with E-state index < -0.39 is 0 Å². The van der Waals surface area contributed by atoms with Crippen LogP contribution in [0.4, 0.5) is 10.8 Å². The van der Waals surface area contributed by atoms with Gasteiger partial charge in [0.25, 0.3) is 5.91 Å². The zero-order valence-corrected chi connectivity index (χ0v) is 16.5. The molecular formula is C22H23N3OS. The van der Waals surface area contributed by atoms with Crippen molar-refractivity contribution in [3.8, 4) is 11.3 Å². The summed E-state index contributed by atoms with van der Waals surface area (Å²) in [6.45, 7) is 6.10. The van der Waals surface area contributed by atoms with Gasteiger partial charge in [-0.2, -0.15) is 0 Å². The summed E-state index contributed by atoms with van der Waals surface area (Å²) in [4.78, 5) is 20.9. The number of amides is 1. The van der Waals surface area contributed by atoms with Gasteiger partial charge in [0.05, 0.1) is 5.69 Å². The first kappa shape index (κ1) is 17.7. The minimum absolute atomic E-state index is 0.0956. The molecule has 0 unspecified atom stereocenters. The molecule has 4 rings (SSSR count). The van der Waals surface area contributed by atoms with E-state index in [0.29, 0.717) is 4.88 Å². The van der Waals surface area contributed by atoms with E-state index in [-0.39, 0.29) is 5.91 Å². The fraction of sp³-hybridized carbons (Fsp3) is 0.273. The van der Waals surface area contributed by atoms with Gasteiger partial charge in [-0.05, 0) is 49.9 Å². The van der Waals surface area contributed by atoms with Gasteiger partial charge in [-0.1, -0.05) is 47.7 Å². The largest absolute Gasteiger partial charge is 0.348 e. The van der Waals surface area contributed by atoms with E-state index >= 15 is 0 Å². The molecule has 0 saturated carbocycles. The van der Waals surface area contributed by atoms with Crippen molar-refractivity contribution in [2.75, 3.05) is 23.3 Å². The summed E-state index contributed by atoms with van der Waals surface area (Å²) in [5, 5.41) is 4.01. The average molecular weight is 378 g/mol. The van der Waals surface area contributed by atoms with Crippen LogP contribution >= 0.6 is 11.3 Å². The molecule has 27 heavy (non-hydrogen) atoms. The van der Waals surface area contributed by atoms with E-state index in [1.165, 1.54) is 24.2 Å². The van der Waals surface area contributed by atoms with Gasteiger partial charge >= 0.3 is 0 Å². The third-order valence-corrected chi connectivity index (χ3v) is 5.84. The highest BCUT2D eigenvalue weighted by molar-refractivity contribution is 7.18. The maximum absolute atomic E-state index is 13.1. The first-order valence-electron chi connectivity index (χ1n) is 9.31. The Kier molecular flexibility index (Phi) is 4.94. The normalized spacial score (nSPS) is 13.8. The lowest BCUT2D eigenvalue weighted by Crippen LogP contribution is -2.17. The van der Waals surface area contributed by atoms with E-state index in [4.69, 9.17) is 4.98 Å². The predicted molar refractivity (Wildman–Crippen MR) is 113 cm³/mol. The third kappa shape index (κ3) is 3.88. The van der Waals surface area contributed by atoms with E-state index in [9.17, 15) is 4.79 Å². The number of thiazole rings is 1. The second kappa shape index (κ2) is 7.53. The van der Waals surface area contributed by atoms with Crippen LogP contribution < -0.4 is 10.2 Å². The Labute approximate surface area is 163 Å². The fourth-order valence-corrected chi connectivity index (χ4v) is 4.57. The van der Waals surface area contributed by atoms with Gasteiger partial charge in [0.15, 0.2) is 5.13 Å². The number of nitrogens with zero attached hydrogens (tertiary/aromatic N) is 2. The molecule has 4 nitrogen and oxygen atoms in total. The number of aromatic nitrogens is 1. The van der Waals surface area contributed by atoms with Crippen molar-refractivity contribution in [2.24, 2.45) is 0 Å². The molecule has 1 aliphatic heterocycles. The smallest absolute Gasteiger partial charge is 0.268 e. The SMILES string of the molecule is Cc1cc(C)cc(NC(=O)c2sc(N3CCCC3)nc2-c2ccccc2)c1. The standard InChI is InChI=1S/C22H23N3OS/c1-15-12-16(2)14-18(13-15)23-21(26)20-19(17-8-4-3-5-9-17)24-22(27-20)25-10-6-7-11-25/h3-5,8-9,12-14H,6-7,10-11H2,1-2H3,(H,23,26). The number of aryl methyl sites for hydroxylation is 2. The van der Waals surface area contributed by atoms with Crippen molar-refractivity contribution in [3.63, 3.8) is 0 Å². The van der Waals surface area contributed by atoms with Crippen molar-refractivity contribution >= 4 is 28.1 Å². The summed E-state index contributed by atoms with van der Waals surface area (Å²) in [7, 11) is 0. The van der Waals surface area contributed by atoms with Gasteiger partial charge in [0, 0.05) is 24.3 Å². The second-order valence-electron chi connectivity index (χ2n) is 7.06. The quantitative estimate of drug-likeness (QED) is 0.673. The van der Waals surface area contributed by atoms with Crippen LogP contribution in [-0.2, 0) is 0 Å². The van der Waals surface area contributed by atoms with Crippen LogP contribution in [0.2, 0.25) is 0 Å². The van der Waals surface area contributed by atoms with Crippen LogP contribution in [0.25, 0.3) is 11.3 Å². The molecular weight excluding hydrogens is 354 g/mol. The molecule has 1 fully saturated rings. The van der Waals surface area contributed by atoms with Crippen molar-refractivity contribution in [2.45, 2.75) is 26.7 Å². The molecule has 3 aromatic rings. The Bertz CT molecular complexity index is 939. The maximum atomic E-state index is 13.1. The summed E-state index contributed by atoms with van der Waals surface area (Å²) in [6.07, 6.45) is 2.37. The van der Waals surface area contributed by atoms with Crippen LogP contribution in [0.5, 0.6) is 0 Å². The van der Waals surface area contributed by atoms with E-state index in [0.717, 1.165) is 46.3 Å². The molecule has 2 aromatic carbocycles. The maximum Gasteiger partial charge on any atom is 0.268 e. The number of hydrogen-bond acceptors (Lipinski definition) is 4. The zero-order valence-electron chi connectivity index (χ0n) is 15.7. The highest BCUT2D eigenvalue weighted by Crippen LogP contribution is 2.35. The second-order valence-corrected chi connectivity index (χ2v) is 8.04. The monoisotopic (exact) mass is 377 g/mol. The summed E-state index contributed by atoms with van der Waals surface area (Å²) < 4.78 is 0. The molecule has 0 bridgehead atoms. The van der Waals surface area contributed by atoms with E-state index in [1.54, 1.807) is 0 Å². The molecule has 1 N–H and O–H groups in total. The lowest BCUT2D eigenvalue weighted by molar-refractivity contribution is 0.103.